The van der Waals surface area contributed by atoms with Crippen LogP contribution in [-0.2, 0) is 25.6 Å². The highest BCUT2D eigenvalue weighted by atomic mass is 32.1. The third kappa shape index (κ3) is 8.42. The second-order valence-corrected chi connectivity index (χ2v) is 8.87. The standard InChI is InChI=1S/C14H20N2O3.C7H9NO3S/c1-14(2,3)13(19)16-10-6-4-5-9(7-10)8-11(15)12(17)18;1-4(9)8-3-5(12)2-6(8)7(10)11/h4-7,11H,8,15H2,1-3H3,(H,16,19)(H,17,18);6H,2-3H2,1H3,(H,10,11)/t;6-/m.0/s1. The van der Waals surface area contributed by atoms with Gasteiger partial charge in [0.05, 0.1) is 6.54 Å². The van der Waals surface area contributed by atoms with Crippen molar-refractivity contribution in [1.29, 1.82) is 0 Å². The third-order valence-electron chi connectivity index (χ3n) is 4.47. The number of thiocarbonyl (C=S) groups is 1. The molecule has 0 aliphatic carbocycles. The largest absolute Gasteiger partial charge is 0.480 e. The molecule has 1 aliphatic rings. The maximum absolute atomic E-state index is 11.8. The van der Waals surface area contributed by atoms with Crippen molar-refractivity contribution in [2.45, 2.75) is 52.6 Å². The molecule has 2 atom stereocenters. The maximum atomic E-state index is 11.8. The summed E-state index contributed by atoms with van der Waals surface area (Å²) in [7, 11) is 0. The zero-order valence-electron chi connectivity index (χ0n) is 18.0. The van der Waals surface area contributed by atoms with Gasteiger partial charge in [-0.1, -0.05) is 45.1 Å². The van der Waals surface area contributed by atoms with Gasteiger partial charge in [0.15, 0.2) is 0 Å². The van der Waals surface area contributed by atoms with Crippen LogP contribution >= 0.6 is 12.2 Å². The van der Waals surface area contributed by atoms with E-state index in [2.05, 4.69) is 5.32 Å². The Balaban J connectivity index is 0.000000343. The van der Waals surface area contributed by atoms with E-state index in [9.17, 15) is 19.2 Å². The number of hydrogen-bond donors (Lipinski definition) is 4. The number of carboxylic acids is 2. The Morgan fingerprint density at radius 3 is 2.32 bits per heavy atom. The van der Waals surface area contributed by atoms with E-state index in [1.807, 2.05) is 20.8 Å². The topological polar surface area (TPSA) is 150 Å². The number of likely N-dealkylation sites (tertiary alicyclic amines) is 1. The molecule has 1 aromatic carbocycles. The molecule has 1 saturated heterocycles. The van der Waals surface area contributed by atoms with Crippen LogP contribution in [0.4, 0.5) is 5.69 Å². The number of aliphatic carboxylic acids is 2. The number of carbonyl (C=O) groups excluding carboxylic acids is 2. The van der Waals surface area contributed by atoms with Crippen LogP contribution in [0.3, 0.4) is 0 Å². The van der Waals surface area contributed by atoms with Crippen LogP contribution in [0, 0.1) is 5.41 Å². The summed E-state index contributed by atoms with van der Waals surface area (Å²) in [6.07, 6.45) is 0.540. The first-order valence-corrected chi connectivity index (χ1v) is 10.0. The van der Waals surface area contributed by atoms with Crippen LogP contribution in [0.25, 0.3) is 0 Å². The number of hydrogen-bond acceptors (Lipinski definition) is 6. The molecule has 0 radical (unpaired) electrons. The molecule has 1 aromatic rings. The summed E-state index contributed by atoms with van der Waals surface area (Å²) in [5.74, 6) is -2.34. The van der Waals surface area contributed by atoms with Gasteiger partial charge in [0, 0.05) is 29.3 Å². The SMILES string of the molecule is CC(=O)N1CC(=S)C[C@H]1C(=O)O.CC(C)(C)C(=O)Nc1cccc(CC(N)C(=O)O)c1. The van der Waals surface area contributed by atoms with Gasteiger partial charge in [0.1, 0.15) is 12.1 Å². The van der Waals surface area contributed by atoms with Crippen LogP contribution < -0.4 is 11.1 Å². The number of carboxylic acid groups (broad SMARTS) is 2. The Bertz CT molecular complexity index is 841. The fraction of sp³-hybridized carbons (Fsp3) is 0.476. The van der Waals surface area contributed by atoms with Gasteiger partial charge >= 0.3 is 11.9 Å². The van der Waals surface area contributed by atoms with E-state index in [-0.39, 0.29) is 18.2 Å². The quantitative estimate of drug-likeness (QED) is 0.494. The first kappa shape index (κ1) is 26.2. The van der Waals surface area contributed by atoms with E-state index in [4.69, 9.17) is 28.2 Å². The molecule has 2 rings (SSSR count). The molecule has 170 valence electrons. The van der Waals surface area contributed by atoms with Crippen LogP contribution in [0.2, 0.25) is 0 Å². The molecule has 1 fully saturated rings. The lowest BCUT2D eigenvalue weighted by molar-refractivity contribution is -0.147. The van der Waals surface area contributed by atoms with E-state index < -0.39 is 29.4 Å². The van der Waals surface area contributed by atoms with Crippen LogP contribution in [0.15, 0.2) is 24.3 Å². The Labute approximate surface area is 186 Å². The predicted octanol–water partition coefficient (Wildman–Crippen LogP) is 1.69. The lowest BCUT2D eigenvalue weighted by Crippen LogP contribution is -2.39. The number of rotatable bonds is 5. The third-order valence-corrected chi connectivity index (χ3v) is 4.77. The molecular weight excluding hydrogens is 422 g/mol. The second kappa shape index (κ2) is 11.0. The molecule has 0 bridgehead atoms. The molecule has 31 heavy (non-hydrogen) atoms. The summed E-state index contributed by atoms with van der Waals surface area (Å²) < 4.78 is 0. The zero-order chi connectivity index (χ0) is 23.9. The molecule has 0 spiro atoms. The molecule has 5 N–H and O–H groups in total. The van der Waals surface area contributed by atoms with Crippen molar-refractivity contribution < 1.29 is 29.4 Å². The van der Waals surface area contributed by atoms with Gasteiger partial charge < -0.3 is 26.2 Å². The van der Waals surface area contributed by atoms with Gasteiger partial charge in [-0.05, 0) is 24.1 Å². The van der Waals surface area contributed by atoms with Gasteiger partial charge in [0.2, 0.25) is 11.8 Å². The Hall–Kier alpha value is -2.85. The van der Waals surface area contributed by atoms with Crippen LogP contribution in [0.1, 0.15) is 39.7 Å². The average Bonchev–Trinajstić information content (AvgIpc) is 3.04. The smallest absolute Gasteiger partial charge is 0.326 e. The molecule has 1 aliphatic heterocycles. The summed E-state index contributed by atoms with van der Waals surface area (Å²) in [5.41, 5.74) is 6.43. The van der Waals surface area contributed by atoms with Gasteiger partial charge in [-0.2, -0.15) is 0 Å². The summed E-state index contributed by atoms with van der Waals surface area (Å²) in [6, 6.07) is 5.38. The minimum atomic E-state index is -1.04. The lowest BCUT2D eigenvalue weighted by Gasteiger charge is -2.18. The van der Waals surface area contributed by atoms with Crippen molar-refractivity contribution in [1.82, 2.24) is 4.90 Å². The Morgan fingerprint density at radius 2 is 1.87 bits per heavy atom. The van der Waals surface area contributed by atoms with Gasteiger partial charge in [-0.3, -0.25) is 14.4 Å². The van der Waals surface area contributed by atoms with Crippen molar-refractivity contribution in [3.8, 4) is 0 Å². The number of amides is 2. The maximum Gasteiger partial charge on any atom is 0.326 e. The van der Waals surface area contributed by atoms with E-state index >= 15 is 0 Å². The van der Waals surface area contributed by atoms with Crippen molar-refractivity contribution >= 4 is 46.5 Å². The predicted molar refractivity (Wildman–Crippen MR) is 120 cm³/mol. The van der Waals surface area contributed by atoms with Crippen LogP contribution in [-0.4, -0.2) is 62.4 Å². The van der Waals surface area contributed by atoms with Crippen molar-refractivity contribution in [2.24, 2.45) is 11.1 Å². The number of benzene rings is 1. The van der Waals surface area contributed by atoms with Crippen LogP contribution in [0.5, 0.6) is 0 Å². The fourth-order valence-corrected chi connectivity index (χ4v) is 2.97. The molecule has 10 heteroatoms. The second-order valence-electron chi connectivity index (χ2n) is 8.30. The molecule has 0 saturated carbocycles. The summed E-state index contributed by atoms with van der Waals surface area (Å²) in [6.45, 7) is 7.14. The van der Waals surface area contributed by atoms with Gasteiger partial charge in [0.25, 0.3) is 0 Å². The number of nitrogens with two attached hydrogens (primary N) is 1. The lowest BCUT2D eigenvalue weighted by atomic mass is 9.95. The fourth-order valence-electron chi connectivity index (χ4n) is 2.68. The summed E-state index contributed by atoms with van der Waals surface area (Å²) in [5, 5.41) is 20.3. The molecule has 1 unspecified atom stereocenters. The van der Waals surface area contributed by atoms with Crippen molar-refractivity contribution in [3.05, 3.63) is 29.8 Å². The summed E-state index contributed by atoms with van der Waals surface area (Å²) in [4.78, 5) is 46.0. The minimum absolute atomic E-state index is 0.0906. The monoisotopic (exact) mass is 451 g/mol. The van der Waals surface area contributed by atoms with E-state index in [0.717, 1.165) is 5.56 Å². The van der Waals surface area contributed by atoms with Gasteiger partial charge in [-0.25, -0.2) is 4.79 Å². The summed E-state index contributed by atoms with van der Waals surface area (Å²) >= 11 is 4.85. The average molecular weight is 452 g/mol. The normalized spacial score (nSPS) is 16.7. The highest BCUT2D eigenvalue weighted by Gasteiger charge is 2.35. The van der Waals surface area contributed by atoms with E-state index in [1.165, 1.54) is 11.8 Å². The van der Waals surface area contributed by atoms with Crippen molar-refractivity contribution in [3.63, 3.8) is 0 Å². The molecule has 1 heterocycles. The van der Waals surface area contributed by atoms with E-state index in [1.54, 1.807) is 24.3 Å². The zero-order valence-corrected chi connectivity index (χ0v) is 18.9. The minimum Gasteiger partial charge on any atom is -0.480 e. The van der Waals surface area contributed by atoms with Crippen molar-refractivity contribution in [2.75, 3.05) is 11.9 Å². The molecular formula is C21H29N3O6S. The highest BCUT2D eigenvalue weighted by molar-refractivity contribution is 7.80. The number of nitrogens with zero attached hydrogens (tertiary/aromatic N) is 1. The first-order chi connectivity index (χ1) is 14.2. The molecule has 0 aromatic heterocycles. The highest BCUT2D eigenvalue weighted by Crippen LogP contribution is 2.19. The van der Waals surface area contributed by atoms with E-state index in [0.29, 0.717) is 23.5 Å². The Morgan fingerprint density at radius 1 is 1.26 bits per heavy atom. The number of anilines is 1. The number of carbonyl (C=O) groups is 4. The first-order valence-electron chi connectivity index (χ1n) is 9.63. The number of nitrogens with one attached hydrogen (secondary N) is 1. The van der Waals surface area contributed by atoms with Gasteiger partial charge in [-0.15, -0.1) is 0 Å². The molecule has 9 nitrogen and oxygen atoms in total. The Kier molecular flexibility index (Phi) is 9.26. The molecule has 2 amide bonds.